The molecule has 0 aliphatic carbocycles. The molecular formula is C13H12N2O3. The molecule has 0 amide bonds. The van der Waals surface area contributed by atoms with Gasteiger partial charge in [-0.1, -0.05) is 12.1 Å². The Morgan fingerprint density at radius 2 is 1.78 bits per heavy atom. The summed E-state index contributed by atoms with van der Waals surface area (Å²) < 4.78 is 5.43. The fourth-order valence-corrected chi connectivity index (χ4v) is 1.57. The van der Waals surface area contributed by atoms with E-state index in [0.717, 1.165) is 11.4 Å². The topological polar surface area (TPSA) is 72.3 Å². The van der Waals surface area contributed by atoms with E-state index in [4.69, 9.17) is 9.84 Å². The Balaban J connectivity index is 2.37. The number of para-hydroxylation sites is 1. The van der Waals surface area contributed by atoms with Crippen LogP contribution in [-0.2, 0) is 0 Å². The lowest BCUT2D eigenvalue weighted by molar-refractivity contribution is 0.0694. The van der Waals surface area contributed by atoms with Crippen LogP contribution < -0.4 is 4.74 Å². The highest BCUT2D eigenvalue weighted by atomic mass is 16.5. The molecule has 1 heterocycles. The fraction of sp³-hybridized carbons (Fsp3) is 0.154. The second-order valence-corrected chi connectivity index (χ2v) is 3.84. The van der Waals surface area contributed by atoms with Crippen molar-refractivity contribution in [2.75, 3.05) is 0 Å². The predicted octanol–water partition coefficient (Wildman–Crippen LogP) is 2.58. The summed E-state index contributed by atoms with van der Waals surface area (Å²) in [5.41, 5.74) is 1.62. The Bertz CT molecular complexity index is 576. The van der Waals surface area contributed by atoms with E-state index in [1.165, 1.54) is 6.07 Å². The SMILES string of the molecule is Cc1cc(C)nc(Oc2ccccc2C(=O)O)n1. The second-order valence-electron chi connectivity index (χ2n) is 3.84. The molecule has 92 valence electrons. The van der Waals surface area contributed by atoms with Gasteiger partial charge in [0.05, 0.1) is 0 Å². The number of carboxylic acids is 1. The summed E-state index contributed by atoms with van der Waals surface area (Å²) in [5.74, 6) is -0.815. The molecule has 0 unspecified atom stereocenters. The van der Waals surface area contributed by atoms with Gasteiger partial charge in [0.25, 0.3) is 0 Å². The van der Waals surface area contributed by atoms with Crippen LogP contribution in [0.3, 0.4) is 0 Å². The molecule has 18 heavy (non-hydrogen) atoms. The van der Waals surface area contributed by atoms with Gasteiger partial charge < -0.3 is 9.84 Å². The molecule has 5 nitrogen and oxygen atoms in total. The van der Waals surface area contributed by atoms with E-state index in [1.807, 2.05) is 19.9 Å². The highest BCUT2D eigenvalue weighted by Gasteiger charge is 2.12. The van der Waals surface area contributed by atoms with Crippen molar-refractivity contribution in [2.45, 2.75) is 13.8 Å². The number of carbonyl (C=O) groups is 1. The van der Waals surface area contributed by atoms with Crippen molar-refractivity contribution in [1.82, 2.24) is 9.97 Å². The summed E-state index contributed by atoms with van der Waals surface area (Å²) in [6.45, 7) is 3.65. The molecule has 1 aromatic carbocycles. The number of rotatable bonds is 3. The standard InChI is InChI=1S/C13H12N2O3/c1-8-7-9(2)15-13(14-8)18-11-6-4-3-5-10(11)12(16)17/h3-7H,1-2H3,(H,16,17). The first-order valence-corrected chi connectivity index (χ1v) is 5.39. The number of benzene rings is 1. The third-order valence-electron chi connectivity index (χ3n) is 2.28. The van der Waals surface area contributed by atoms with Gasteiger partial charge in [-0.2, -0.15) is 0 Å². The first kappa shape index (κ1) is 12.0. The molecule has 0 bridgehead atoms. The third kappa shape index (κ3) is 2.63. The van der Waals surface area contributed by atoms with Gasteiger partial charge in [0.1, 0.15) is 11.3 Å². The maximum Gasteiger partial charge on any atom is 0.339 e. The largest absolute Gasteiger partial charge is 0.478 e. The number of aryl methyl sites for hydroxylation is 2. The van der Waals surface area contributed by atoms with E-state index in [0.29, 0.717) is 0 Å². The summed E-state index contributed by atoms with van der Waals surface area (Å²) >= 11 is 0. The quantitative estimate of drug-likeness (QED) is 0.898. The van der Waals surface area contributed by atoms with Crippen LogP contribution in [0.25, 0.3) is 0 Å². The van der Waals surface area contributed by atoms with Gasteiger partial charge in [0.2, 0.25) is 0 Å². The van der Waals surface area contributed by atoms with Gasteiger partial charge in [-0.25, -0.2) is 14.8 Å². The minimum Gasteiger partial charge on any atom is -0.478 e. The third-order valence-corrected chi connectivity index (χ3v) is 2.28. The van der Waals surface area contributed by atoms with Crippen molar-refractivity contribution in [3.05, 3.63) is 47.3 Å². The lowest BCUT2D eigenvalue weighted by Crippen LogP contribution is -2.02. The maximum atomic E-state index is 11.0. The van der Waals surface area contributed by atoms with Crippen molar-refractivity contribution in [2.24, 2.45) is 0 Å². The number of hydrogen-bond acceptors (Lipinski definition) is 4. The zero-order valence-electron chi connectivity index (χ0n) is 10.0. The van der Waals surface area contributed by atoms with Gasteiger partial charge in [-0.05, 0) is 32.0 Å². The van der Waals surface area contributed by atoms with Crippen molar-refractivity contribution in [3.63, 3.8) is 0 Å². The summed E-state index contributed by atoms with van der Waals surface area (Å²) in [7, 11) is 0. The summed E-state index contributed by atoms with van der Waals surface area (Å²) in [6.07, 6.45) is 0. The molecule has 0 spiro atoms. The van der Waals surface area contributed by atoms with E-state index >= 15 is 0 Å². The fourth-order valence-electron chi connectivity index (χ4n) is 1.57. The van der Waals surface area contributed by atoms with Crippen molar-refractivity contribution >= 4 is 5.97 Å². The van der Waals surface area contributed by atoms with Crippen LogP contribution >= 0.6 is 0 Å². The predicted molar refractivity (Wildman–Crippen MR) is 65.0 cm³/mol. The molecule has 0 radical (unpaired) electrons. The van der Waals surface area contributed by atoms with Crippen molar-refractivity contribution < 1.29 is 14.6 Å². The van der Waals surface area contributed by atoms with Crippen LogP contribution in [0.15, 0.2) is 30.3 Å². The van der Waals surface area contributed by atoms with E-state index in [-0.39, 0.29) is 17.3 Å². The Morgan fingerprint density at radius 3 is 2.39 bits per heavy atom. The van der Waals surface area contributed by atoms with Gasteiger partial charge in [0, 0.05) is 11.4 Å². The zero-order chi connectivity index (χ0) is 13.1. The normalized spacial score (nSPS) is 10.1. The molecule has 1 N–H and O–H groups in total. The highest BCUT2D eigenvalue weighted by Crippen LogP contribution is 2.23. The lowest BCUT2D eigenvalue weighted by Gasteiger charge is -2.07. The van der Waals surface area contributed by atoms with Crippen LogP contribution in [0.1, 0.15) is 21.7 Å². The molecule has 1 aromatic heterocycles. The number of nitrogens with zero attached hydrogens (tertiary/aromatic N) is 2. The second kappa shape index (κ2) is 4.83. The first-order chi connectivity index (χ1) is 8.56. The minimum absolute atomic E-state index is 0.0836. The Morgan fingerprint density at radius 1 is 1.17 bits per heavy atom. The van der Waals surface area contributed by atoms with Crippen molar-refractivity contribution in [3.8, 4) is 11.8 Å². The van der Waals surface area contributed by atoms with E-state index in [2.05, 4.69) is 9.97 Å². The molecule has 2 aromatic rings. The monoisotopic (exact) mass is 244 g/mol. The van der Waals surface area contributed by atoms with Gasteiger partial charge in [-0.15, -0.1) is 0 Å². The Hall–Kier alpha value is -2.43. The molecule has 0 fully saturated rings. The van der Waals surface area contributed by atoms with Gasteiger partial charge in [0.15, 0.2) is 0 Å². The zero-order valence-corrected chi connectivity index (χ0v) is 10.0. The number of ether oxygens (including phenoxy) is 1. The average molecular weight is 244 g/mol. The van der Waals surface area contributed by atoms with Crippen LogP contribution in [0, 0.1) is 13.8 Å². The summed E-state index contributed by atoms with van der Waals surface area (Å²) in [5, 5.41) is 9.03. The smallest absolute Gasteiger partial charge is 0.339 e. The Kier molecular flexibility index (Phi) is 3.23. The number of aromatic carboxylic acids is 1. The minimum atomic E-state index is -1.05. The number of hydrogen-bond donors (Lipinski definition) is 1. The number of carboxylic acid groups (broad SMARTS) is 1. The molecule has 0 aliphatic heterocycles. The highest BCUT2D eigenvalue weighted by molar-refractivity contribution is 5.90. The average Bonchev–Trinajstić information content (AvgIpc) is 2.27. The van der Waals surface area contributed by atoms with E-state index < -0.39 is 5.97 Å². The maximum absolute atomic E-state index is 11.0. The summed E-state index contributed by atoms with van der Waals surface area (Å²) in [4.78, 5) is 19.2. The van der Waals surface area contributed by atoms with Crippen LogP contribution in [-0.4, -0.2) is 21.0 Å². The van der Waals surface area contributed by atoms with Crippen molar-refractivity contribution in [1.29, 1.82) is 0 Å². The van der Waals surface area contributed by atoms with Gasteiger partial charge in [-0.3, -0.25) is 0 Å². The molecule has 0 atom stereocenters. The molecule has 2 rings (SSSR count). The van der Waals surface area contributed by atoms with E-state index in [1.54, 1.807) is 18.2 Å². The van der Waals surface area contributed by atoms with Crippen LogP contribution in [0.5, 0.6) is 11.8 Å². The lowest BCUT2D eigenvalue weighted by atomic mass is 10.2. The molecular weight excluding hydrogens is 232 g/mol. The molecule has 0 aliphatic rings. The van der Waals surface area contributed by atoms with Crippen LogP contribution in [0.4, 0.5) is 0 Å². The van der Waals surface area contributed by atoms with E-state index in [9.17, 15) is 4.79 Å². The van der Waals surface area contributed by atoms with Crippen LogP contribution in [0.2, 0.25) is 0 Å². The first-order valence-electron chi connectivity index (χ1n) is 5.39. The summed E-state index contributed by atoms with van der Waals surface area (Å²) in [6, 6.07) is 8.35. The van der Waals surface area contributed by atoms with Gasteiger partial charge >= 0.3 is 12.0 Å². The molecule has 0 saturated heterocycles. The molecule has 5 heteroatoms. The molecule has 0 saturated carbocycles. The number of aromatic nitrogens is 2. The Labute approximate surface area is 104 Å².